The Bertz CT molecular complexity index is 1500. The molecule has 1 saturated carbocycles. The minimum absolute atomic E-state index is 0.111. The predicted octanol–water partition coefficient (Wildman–Crippen LogP) is 4.29. The number of amides is 1. The number of ether oxygens (including phenoxy) is 1. The van der Waals surface area contributed by atoms with Crippen molar-refractivity contribution in [2.45, 2.75) is 32.2 Å². The van der Waals surface area contributed by atoms with Gasteiger partial charge in [0.05, 0.1) is 28.9 Å². The molecule has 0 aliphatic heterocycles. The van der Waals surface area contributed by atoms with Gasteiger partial charge in [-0.3, -0.25) is 4.79 Å². The molecule has 0 bridgehead atoms. The van der Waals surface area contributed by atoms with Crippen molar-refractivity contribution < 1.29 is 9.53 Å². The predicted molar refractivity (Wildman–Crippen MR) is 129 cm³/mol. The summed E-state index contributed by atoms with van der Waals surface area (Å²) in [5, 5.41) is 8.59. The largest absolute Gasteiger partial charge is 0.494 e. The molecule has 2 atom stereocenters. The third kappa shape index (κ3) is 3.57. The average Bonchev–Trinajstić information content (AvgIpc) is 3.35. The Hall–Kier alpha value is -4.20. The van der Waals surface area contributed by atoms with E-state index in [4.69, 9.17) is 4.74 Å². The summed E-state index contributed by atoms with van der Waals surface area (Å²) >= 11 is 0. The first-order valence-corrected chi connectivity index (χ1v) is 11.4. The number of para-hydroxylation sites is 2. The quantitative estimate of drug-likeness (QED) is 0.401. The van der Waals surface area contributed by atoms with Crippen LogP contribution in [0.4, 0.5) is 0 Å². The molecule has 3 aromatic heterocycles. The van der Waals surface area contributed by atoms with E-state index in [-0.39, 0.29) is 11.9 Å². The van der Waals surface area contributed by atoms with E-state index in [0.717, 1.165) is 34.3 Å². The molecule has 8 nitrogen and oxygen atoms in total. The van der Waals surface area contributed by atoms with Gasteiger partial charge in [0, 0.05) is 23.5 Å². The van der Waals surface area contributed by atoms with E-state index in [1.165, 1.54) is 5.56 Å². The molecule has 6 rings (SSSR count). The standard InChI is InChI=1S/C26H24N6O2/c1-3-34-18-8-6-7-16(11-18)20-13-23(20)28-25(33)17-12-19-15(2)31-32(24(19)27-14-17)26-29-21-9-4-5-10-22(21)30-26/h4-12,14,20,23H,3,13H2,1-2H3,(H,28,33)(H,29,30)/t20-,23+/m0/s1. The molecule has 1 amide bonds. The zero-order valence-corrected chi connectivity index (χ0v) is 18.9. The first kappa shape index (κ1) is 20.4. The molecule has 0 radical (unpaired) electrons. The number of benzene rings is 2. The van der Waals surface area contributed by atoms with Gasteiger partial charge < -0.3 is 15.0 Å². The number of carbonyl (C=O) groups excluding carboxylic acids is 1. The third-order valence-electron chi connectivity index (χ3n) is 6.25. The zero-order chi connectivity index (χ0) is 23.2. The van der Waals surface area contributed by atoms with Crippen LogP contribution in [-0.2, 0) is 0 Å². The van der Waals surface area contributed by atoms with Crippen LogP contribution >= 0.6 is 0 Å². The topological polar surface area (TPSA) is 97.7 Å². The average molecular weight is 453 g/mol. The van der Waals surface area contributed by atoms with Crippen LogP contribution in [0.1, 0.15) is 40.9 Å². The van der Waals surface area contributed by atoms with Crippen LogP contribution in [0.3, 0.4) is 0 Å². The molecule has 1 aliphatic carbocycles. The maximum Gasteiger partial charge on any atom is 0.253 e. The van der Waals surface area contributed by atoms with E-state index in [0.29, 0.717) is 29.7 Å². The number of aromatic nitrogens is 5. The Morgan fingerprint density at radius 3 is 2.94 bits per heavy atom. The second-order valence-corrected chi connectivity index (χ2v) is 8.60. The third-order valence-corrected chi connectivity index (χ3v) is 6.25. The molecule has 2 aromatic carbocycles. The lowest BCUT2D eigenvalue weighted by Gasteiger charge is -2.07. The van der Waals surface area contributed by atoms with Gasteiger partial charge in [0.2, 0.25) is 5.95 Å². The lowest BCUT2D eigenvalue weighted by molar-refractivity contribution is 0.0950. The first-order chi connectivity index (χ1) is 16.6. The van der Waals surface area contributed by atoms with E-state index < -0.39 is 0 Å². The summed E-state index contributed by atoms with van der Waals surface area (Å²) in [7, 11) is 0. The van der Waals surface area contributed by atoms with Gasteiger partial charge in [-0.05, 0) is 56.2 Å². The van der Waals surface area contributed by atoms with Crippen molar-refractivity contribution in [1.29, 1.82) is 0 Å². The number of rotatable bonds is 6. The van der Waals surface area contributed by atoms with Crippen LogP contribution in [-0.4, -0.2) is 43.3 Å². The van der Waals surface area contributed by atoms with Gasteiger partial charge in [-0.15, -0.1) is 0 Å². The van der Waals surface area contributed by atoms with Crippen molar-refractivity contribution in [2.75, 3.05) is 6.61 Å². The van der Waals surface area contributed by atoms with Crippen molar-refractivity contribution in [2.24, 2.45) is 0 Å². The highest BCUT2D eigenvalue weighted by Gasteiger charge is 2.39. The Morgan fingerprint density at radius 1 is 1.21 bits per heavy atom. The lowest BCUT2D eigenvalue weighted by Crippen LogP contribution is -2.26. The van der Waals surface area contributed by atoms with Crippen molar-refractivity contribution in [3.05, 3.63) is 77.6 Å². The van der Waals surface area contributed by atoms with E-state index in [1.807, 2.05) is 56.3 Å². The van der Waals surface area contributed by atoms with Crippen LogP contribution in [0.5, 0.6) is 5.75 Å². The summed E-state index contributed by atoms with van der Waals surface area (Å²) in [5.41, 5.74) is 4.95. The number of nitrogens with one attached hydrogen (secondary N) is 2. The van der Waals surface area contributed by atoms with Crippen LogP contribution < -0.4 is 10.1 Å². The Labute approximate surface area is 196 Å². The minimum Gasteiger partial charge on any atom is -0.494 e. The maximum atomic E-state index is 13.0. The van der Waals surface area contributed by atoms with Crippen LogP contribution in [0.25, 0.3) is 28.0 Å². The number of aryl methyl sites for hydroxylation is 1. The normalized spacial score (nSPS) is 17.2. The van der Waals surface area contributed by atoms with Crippen LogP contribution in [0.2, 0.25) is 0 Å². The molecule has 2 N–H and O–H groups in total. The summed E-state index contributed by atoms with van der Waals surface area (Å²) in [6.45, 7) is 4.52. The van der Waals surface area contributed by atoms with Crippen molar-refractivity contribution in [3.8, 4) is 11.7 Å². The summed E-state index contributed by atoms with van der Waals surface area (Å²) < 4.78 is 7.29. The fourth-order valence-corrected chi connectivity index (χ4v) is 4.43. The van der Waals surface area contributed by atoms with Gasteiger partial charge in [-0.1, -0.05) is 24.3 Å². The Kier molecular flexibility index (Phi) is 4.79. The molecule has 8 heteroatoms. The zero-order valence-electron chi connectivity index (χ0n) is 18.9. The summed E-state index contributed by atoms with van der Waals surface area (Å²) in [4.78, 5) is 25.4. The summed E-state index contributed by atoms with van der Waals surface area (Å²) in [6.07, 6.45) is 2.52. The highest BCUT2D eigenvalue weighted by molar-refractivity contribution is 5.98. The van der Waals surface area contributed by atoms with E-state index in [2.05, 4.69) is 37.5 Å². The van der Waals surface area contributed by atoms with E-state index in [9.17, 15) is 4.79 Å². The lowest BCUT2D eigenvalue weighted by atomic mass is 10.1. The van der Waals surface area contributed by atoms with Crippen LogP contribution in [0, 0.1) is 6.92 Å². The number of imidazole rings is 1. The van der Waals surface area contributed by atoms with E-state index in [1.54, 1.807) is 10.9 Å². The highest BCUT2D eigenvalue weighted by atomic mass is 16.5. The number of hydrogen-bond acceptors (Lipinski definition) is 5. The van der Waals surface area contributed by atoms with Crippen LogP contribution in [0.15, 0.2) is 60.8 Å². The molecule has 34 heavy (non-hydrogen) atoms. The van der Waals surface area contributed by atoms with Gasteiger partial charge >= 0.3 is 0 Å². The second-order valence-electron chi connectivity index (χ2n) is 8.60. The number of fused-ring (bicyclic) bond motifs is 2. The fourth-order valence-electron chi connectivity index (χ4n) is 4.43. The molecule has 1 aliphatic rings. The smallest absolute Gasteiger partial charge is 0.253 e. The molecular formula is C26H24N6O2. The monoisotopic (exact) mass is 452 g/mol. The molecule has 5 aromatic rings. The van der Waals surface area contributed by atoms with Crippen molar-refractivity contribution >= 4 is 28.0 Å². The van der Waals surface area contributed by atoms with Gasteiger partial charge in [0.1, 0.15) is 5.75 Å². The molecule has 0 spiro atoms. The van der Waals surface area contributed by atoms with Crippen molar-refractivity contribution in [1.82, 2.24) is 30.0 Å². The minimum atomic E-state index is -0.126. The number of nitrogens with zero attached hydrogens (tertiary/aromatic N) is 4. The summed E-state index contributed by atoms with van der Waals surface area (Å²) in [5.74, 6) is 1.64. The Morgan fingerprint density at radius 2 is 2.09 bits per heavy atom. The number of carbonyl (C=O) groups is 1. The molecule has 1 fully saturated rings. The number of pyridine rings is 1. The van der Waals surface area contributed by atoms with Gasteiger partial charge in [-0.2, -0.15) is 9.78 Å². The van der Waals surface area contributed by atoms with Gasteiger partial charge in [-0.25, -0.2) is 9.97 Å². The number of H-pyrrole nitrogens is 1. The van der Waals surface area contributed by atoms with E-state index >= 15 is 0 Å². The van der Waals surface area contributed by atoms with Crippen molar-refractivity contribution in [3.63, 3.8) is 0 Å². The molecule has 0 unspecified atom stereocenters. The maximum absolute atomic E-state index is 13.0. The Balaban J connectivity index is 1.22. The SMILES string of the molecule is CCOc1cccc([C@@H]2C[C@H]2NC(=O)c2cnc3c(c2)c(C)nn3-c2nc3ccccc3[nH]2)c1. The number of aromatic amines is 1. The molecule has 3 heterocycles. The fraction of sp³-hybridized carbons (Fsp3) is 0.231. The second kappa shape index (κ2) is 7.98. The molecule has 0 saturated heterocycles. The molecular weight excluding hydrogens is 428 g/mol. The first-order valence-electron chi connectivity index (χ1n) is 11.4. The highest BCUT2D eigenvalue weighted by Crippen LogP contribution is 2.42. The molecule has 170 valence electrons. The summed E-state index contributed by atoms with van der Waals surface area (Å²) in [6, 6.07) is 17.9. The van der Waals surface area contributed by atoms with Gasteiger partial charge in [0.25, 0.3) is 5.91 Å². The number of hydrogen-bond donors (Lipinski definition) is 2. The van der Waals surface area contributed by atoms with Gasteiger partial charge in [0.15, 0.2) is 5.65 Å².